The van der Waals surface area contributed by atoms with Crippen LogP contribution in [0.5, 0.6) is 0 Å². The fourth-order valence-electron chi connectivity index (χ4n) is 2.39. The molecule has 0 saturated heterocycles. The largest absolute Gasteiger partial charge is 0.412 e. The van der Waals surface area contributed by atoms with Gasteiger partial charge in [-0.2, -0.15) is 13.2 Å². The Labute approximate surface area is 131 Å². The summed E-state index contributed by atoms with van der Waals surface area (Å²) in [7, 11) is 1.89. The summed E-state index contributed by atoms with van der Waals surface area (Å²) in [5, 5.41) is 3.09. The highest BCUT2D eigenvalue weighted by Crippen LogP contribution is 2.31. The number of halogens is 4. The minimum absolute atomic E-state index is 0.0684. The first-order valence-electron chi connectivity index (χ1n) is 6.80. The van der Waals surface area contributed by atoms with Crippen molar-refractivity contribution in [2.75, 3.05) is 20.1 Å². The van der Waals surface area contributed by atoms with Gasteiger partial charge in [0.15, 0.2) is 0 Å². The summed E-state index contributed by atoms with van der Waals surface area (Å²) in [5.74, 6) is 0. The van der Waals surface area contributed by atoms with Gasteiger partial charge in [-0.25, -0.2) is 0 Å². The van der Waals surface area contributed by atoms with Crippen LogP contribution in [0.15, 0.2) is 34.3 Å². The average molecular weight is 363 g/mol. The molecular weight excluding hydrogens is 345 g/mol. The molecule has 1 heterocycles. The topological polar surface area (TPSA) is 15.3 Å². The van der Waals surface area contributed by atoms with Crippen LogP contribution < -0.4 is 5.32 Å². The molecule has 1 aliphatic heterocycles. The second kappa shape index (κ2) is 6.94. The Hall–Kier alpha value is -0.850. The van der Waals surface area contributed by atoms with E-state index < -0.39 is 11.7 Å². The zero-order chi connectivity index (χ0) is 15.5. The molecule has 0 saturated carbocycles. The molecule has 0 atom stereocenters. The predicted octanol–water partition coefficient (Wildman–Crippen LogP) is 3.86. The van der Waals surface area contributed by atoms with E-state index in [1.807, 2.05) is 30.1 Å². The highest BCUT2D eigenvalue weighted by atomic mass is 79.9. The van der Waals surface area contributed by atoms with Gasteiger partial charge in [0, 0.05) is 36.2 Å². The molecule has 1 N–H and O–H groups in total. The van der Waals surface area contributed by atoms with E-state index in [1.54, 1.807) is 0 Å². The van der Waals surface area contributed by atoms with E-state index in [0.29, 0.717) is 19.6 Å². The van der Waals surface area contributed by atoms with Gasteiger partial charge < -0.3 is 5.32 Å². The monoisotopic (exact) mass is 362 g/mol. The Morgan fingerprint density at radius 2 is 2.10 bits per heavy atom. The molecule has 0 aromatic heterocycles. The summed E-state index contributed by atoms with van der Waals surface area (Å²) < 4.78 is 38.7. The fourth-order valence-corrected chi connectivity index (χ4v) is 2.94. The van der Waals surface area contributed by atoms with Crippen molar-refractivity contribution in [3.63, 3.8) is 0 Å². The number of hydrogen-bond donors (Lipinski definition) is 1. The number of benzene rings is 1. The van der Waals surface area contributed by atoms with Gasteiger partial charge in [-0.15, -0.1) is 0 Å². The van der Waals surface area contributed by atoms with Gasteiger partial charge in [-0.05, 0) is 30.7 Å². The number of rotatable bonds is 4. The van der Waals surface area contributed by atoms with Crippen LogP contribution in [-0.4, -0.2) is 31.2 Å². The average Bonchev–Trinajstić information content (AvgIpc) is 2.42. The lowest BCUT2D eigenvalue weighted by atomic mass is 10.1. The standard InChI is InChI=1S/C15H18BrF3N2/c1-20-9-11-2-3-12(14(16)8-11)10-21-6-4-13(5-7-21)15(17,18)19/h2-4,8,20H,5-7,9-10H2,1H3. The maximum Gasteiger partial charge on any atom is 0.412 e. The highest BCUT2D eigenvalue weighted by molar-refractivity contribution is 9.10. The minimum Gasteiger partial charge on any atom is -0.316 e. The Balaban J connectivity index is 1.99. The molecule has 0 radical (unpaired) electrons. The van der Waals surface area contributed by atoms with Crippen LogP contribution in [0.25, 0.3) is 0 Å². The Bertz CT molecular complexity index is 526. The zero-order valence-electron chi connectivity index (χ0n) is 11.8. The minimum atomic E-state index is -4.18. The van der Waals surface area contributed by atoms with E-state index in [2.05, 4.69) is 21.2 Å². The molecule has 1 aromatic rings. The summed E-state index contributed by atoms with van der Waals surface area (Å²) >= 11 is 3.54. The first-order valence-corrected chi connectivity index (χ1v) is 7.60. The third kappa shape index (κ3) is 4.56. The molecule has 2 rings (SSSR count). The summed E-state index contributed by atoms with van der Waals surface area (Å²) in [5.41, 5.74) is 1.87. The van der Waals surface area contributed by atoms with Gasteiger partial charge in [0.05, 0.1) is 0 Å². The molecule has 0 aliphatic carbocycles. The third-order valence-corrected chi connectivity index (χ3v) is 4.29. The molecule has 0 amide bonds. The van der Waals surface area contributed by atoms with E-state index in [-0.39, 0.29) is 6.42 Å². The lowest BCUT2D eigenvalue weighted by molar-refractivity contribution is -0.0960. The van der Waals surface area contributed by atoms with Crippen LogP contribution >= 0.6 is 15.9 Å². The van der Waals surface area contributed by atoms with Gasteiger partial charge in [-0.3, -0.25) is 4.90 Å². The lowest BCUT2D eigenvalue weighted by Crippen LogP contribution is -2.31. The first-order chi connectivity index (χ1) is 9.90. The van der Waals surface area contributed by atoms with Crippen molar-refractivity contribution in [1.29, 1.82) is 0 Å². The zero-order valence-corrected chi connectivity index (χ0v) is 13.4. The smallest absolute Gasteiger partial charge is 0.316 e. The fraction of sp³-hybridized carbons (Fsp3) is 0.467. The van der Waals surface area contributed by atoms with Gasteiger partial charge in [0.1, 0.15) is 0 Å². The molecule has 1 aliphatic rings. The molecule has 1 aromatic carbocycles. The molecule has 116 valence electrons. The molecule has 0 unspecified atom stereocenters. The lowest BCUT2D eigenvalue weighted by Gasteiger charge is -2.27. The van der Waals surface area contributed by atoms with Crippen LogP contribution in [0, 0.1) is 0 Å². The molecule has 0 spiro atoms. The Morgan fingerprint density at radius 3 is 2.62 bits per heavy atom. The van der Waals surface area contributed by atoms with Crippen LogP contribution in [-0.2, 0) is 13.1 Å². The maximum atomic E-state index is 12.6. The predicted molar refractivity (Wildman–Crippen MR) is 80.9 cm³/mol. The van der Waals surface area contributed by atoms with Gasteiger partial charge in [0.2, 0.25) is 0 Å². The summed E-state index contributed by atoms with van der Waals surface area (Å²) in [6.07, 6.45) is -2.81. The van der Waals surface area contributed by atoms with Gasteiger partial charge in [-0.1, -0.05) is 34.1 Å². The normalized spacial score (nSPS) is 16.9. The van der Waals surface area contributed by atoms with E-state index in [4.69, 9.17) is 0 Å². The quantitative estimate of drug-likeness (QED) is 0.818. The molecule has 2 nitrogen and oxygen atoms in total. The summed E-state index contributed by atoms with van der Waals surface area (Å²) in [6.45, 7) is 2.23. The number of nitrogens with one attached hydrogen (secondary N) is 1. The van der Waals surface area contributed by atoms with E-state index >= 15 is 0 Å². The SMILES string of the molecule is CNCc1ccc(CN2CC=C(C(F)(F)F)CC2)c(Br)c1. The maximum absolute atomic E-state index is 12.6. The van der Waals surface area contributed by atoms with Crippen LogP contribution in [0.1, 0.15) is 17.5 Å². The van der Waals surface area contributed by atoms with Crippen molar-refractivity contribution >= 4 is 15.9 Å². The van der Waals surface area contributed by atoms with Crippen LogP contribution in [0.4, 0.5) is 13.2 Å². The number of hydrogen-bond acceptors (Lipinski definition) is 2. The third-order valence-electron chi connectivity index (χ3n) is 3.55. The molecular formula is C15H18BrF3N2. The van der Waals surface area contributed by atoms with E-state index in [9.17, 15) is 13.2 Å². The van der Waals surface area contributed by atoms with E-state index in [1.165, 1.54) is 11.6 Å². The summed E-state index contributed by atoms with van der Waals surface area (Å²) in [4.78, 5) is 2.02. The Kier molecular flexibility index (Phi) is 5.46. The second-order valence-corrected chi connectivity index (χ2v) is 6.02. The van der Waals surface area contributed by atoms with Crippen LogP contribution in [0.2, 0.25) is 0 Å². The molecule has 6 heteroatoms. The second-order valence-electron chi connectivity index (χ2n) is 5.17. The Morgan fingerprint density at radius 1 is 1.33 bits per heavy atom. The summed E-state index contributed by atoms with van der Waals surface area (Å²) in [6, 6.07) is 6.12. The van der Waals surface area contributed by atoms with Crippen molar-refractivity contribution < 1.29 is 13.2 Å². The first kappa shape index (κ1) is 16.5. The van der Waals surface area contributed by atoms with Gasteiger partial charge >= 0.3 is 6.18 Å². The van der Waals surface area contributed by atoms with Gasteiger partial charge in [0.25, 0.3) is 0 Å². The highest BCUT2D eigenvalue weighted by Gasteiger charge is 2.34. The van der Waals surface area contributed by atoms with Crippen LogP contribution in [0.3, 0.4) is 0 Å². The molecule has 0 fully saturated rings. The number of alkyl halides is 3. The molecule has 0 bridgehead atoms. The number of nitrogens with zero attached hydrogens (tertiary/aromatic N) is 1. The van der Waals surface area contributed by atoms with E-state index in [0.717, 1.165) is 16.6 Å². The van der Waals surface area contributed by atoms with Crippen molar-refractivity contribution in [1.82, 2.24) is 10.2 Å². The van der Waals surface area contributed by atoms with Crippen molar-refractivity contribution in [3.8, 4) is 0 Å². The van der Waals surface area contributed by atoms with Crippen molar-refractivity contribution in [2.45, 2.75) is 25.7 Å². The molecule has 21 heavy (non-hydrogen) atoms. The van der Waals surface area contributed by atoms with Crippen molar-refractivity contribution in [3.05, 3.63) is 45.4 Å². The van der Waals surface area contributed by atoms with Crippen molar-refractivity contribution in [2.24, 2.45) is 0 Å².